The fourth-order valence-corrected chi connectivity index (χ4v) is 4.27. The van der Waals surface area contributed by atoms with E-state index in [1.54, 1.807) is 0 Å². The summed E-state index contributed by atoms with van der Waals surface area (Å²) in [5.74, 6) is 0.387. The lowest BCUT2D eigenvalue weighted by Gasteiger charge is -2.53. The van der Waals surface area contributed by atoms with Gasteiger partial charge in [0.2, 0.25) is 0 Å². The molecule has 2 saturated heterocycles. The van der Waals surface area contributed by atoms with Crippen LogP contribution in [0.2, 0.25) is 0 Å². The Balaban J connectivity index is 1.20. The molecule has 0 saturated carbocycles. The van der Waals surface area contributed by atoms with Gasteiger partial charge >= 0.3 is 0 Å². The molecule has 0 aliphatic carbocycles. The van der Waals surface area contributed by atoms with E-state index in [-0.39, 0.29) is 11.5 Å². The lowest BCUT2D eigenvalue weighted by molar-refractivity contribution is -0.181. The van der Waals surface area contributed by atoms with E-state index in [1.165, 1.54) is 5.69 Å². The molecule has 0 aromatic carbocycles. The van der Waals surface area contributed by atoms with E-state index in [1.807, 2.05) is 48.6 Å². The zero-order valence-electron chi connectivity index (χ0n) is 16.4. The number of carbonyl (C=O) groups is 1. The van der Waals surface area contributed by atoms with Crippen LogP contribution < -0.4 is 5.32 Å². The molecule has 0 radical (unpaired) electrons. The minimum atomic E-state index is -0.0101. The third-order valence-corrected chi connectivity index (χ3v) is 5.87. The van der Waals surface area contributed by atoms with Gasteiger partial charge < -0.3 is 14.6 Å². The standard InChI is InChI=1S/C20H29N5O2/c1-15-9-17(24(3)22-15)11-25-13-20(14-25)7-6-16(12-27-20)10-21-19(26)18-5-4-8-23(18)2/h4-5,8-9,16H,6-7,10-14H2,1-3H3,(H,21,26). The quantitative estimate of drug-likeness (QED) is 0.865. The number of carbonyl (C=O) groups excluding carboxylic acids is 1. The molecule has 1 N–H and O–H groups in total. The molecule has 0 bridgehead atoms. The van der Waals surface area contributed by atoms with Gasteiger partial charge in [0.05, 0.1) is 23.6 Å². The van der Waals surface area contributed by atoms with Crippen molar-refractivity contribution in [1.29, 1.82) is 0 Å². The Kier molecular flexibility index (Phi) is 4.82. The number of aryl methyl sites for hydroxylation is 3. The average molecular weight is 371 g/mol. The number of hydrogen-bond donors (Lipinski definition) is 1. The Hall–Kier alpha value is -2.12. The lowest BCUT2D eigenvalue weighted by Crippen LogP contribution is -2.64. The first-order chi connectivity index (χ1) is 12.9. The van der Waals surface area contributed by atoms with Crippen molar-refractivity contribution in [3.63, 3.8) is 0 Å². The number of rotatable bonds is 5. The summed E-state index contributed by atoms with van der Waals surface area (Å²) in [6.45, 7) is 6.34. The zero-order chi connectivity index (χ0) is 19.0. The second kappa shape index (κ2) is 7.13. The fraction of sp³-hybridized carbons (Fsp3) is 0.600. The Morgan fingerprint density at radius 3 is 2.81 bits per heavy atom. The van der Waals surface area contributed by atoms with Crippen LogP contribution in [-0.4, -0.2) is 57.0 Å². The molecular weight excluding hydrogens is 342 g/mol. The number of ether oxygens (including phenoxy) is 1. The highest BCUT2D eigenvalue weighted by atomic mass is 16.5. The van der Waals surface area contributed by atoms with Crippen LogP contribution in [0.15, 0.2) is 24.4 Å². The van der Waals surface area contributed by atoms with E-state index >= 15 is 0 Å². The topological polar surface area (TPSA) is 64.3 Å². The van der Waals surface area contributed by atoms with Crippen molar-refractivity contribution in [2.75, 3.05) is 26.2 Å². The molecule has 2 aromatic rings. The minimum absolute atomic E-state index is 0.0101. The average Bonchev–Trinajstić information content (AvgIpc) is 3.17. The molecule has 1 unspecified atom stereocenters. The van der Waals surface area contributed by atoms with Crippen LogP contribution in [0.25, 0.3) is 0 Å². The van der Waals surface area contributed by atoms with E-state index in [2.05, 4.69) is 21.4 Å². The van der Waals surface area contributed by atoms with Crippen molar-refractivity contribution < 1.29 is 9.53 Å². The second-order valence-electron chi connectivity index (χ2n) is 8.16. The third-order valence-electron chi connectivity index (χ3n) is 5.87. The van der Waals surface area contributed by atoms with Gasteiger partial charge in [0, 0.05) is 46.5 Å². The van der Waals surface area contributed by atoms with Crippen molar-refractivity contribution in [3.05, 3.63) is 41.5 Å². The summed E-state index contributed by atoms with van der Waals surface area (Å²) >= 11 is 0. The fourth-order valence-electron chi connectivity index (χ4n) is 4.27. The zero-order valence-corrected chi connectivity index (χ0v) is 16.4. The van der Waals surface area contributed by atoms with Gasteiger partial charge in [-0.05, 0) is 43.9 Å². The molecule has 1 spiro atoms. The number of amides is 1. The molecule has 27 heavy (non-hydrogen) atoms. The maximum Gasteiger partial charge on any atom is 0.267 e. The highest BCUT2D eigenvalue weighted by Gasteiger charge is 2.46. The van der Waals surface area contributed by atoms with Crippen LogP contribution in [0.5, 0.6) is 0 Å². The maximum atomic E-state index is 12.2. The Morgan fingerprint density at radius 2 is 2.22 bits per heavy atom. The predicted molar refractivity (Wildman–Crippen MR) is 102 cm³/mol. The summed E-state index contributed by atoms with van der Waals surface area (Å²) in [6.07, 6.45) is 4.06. The molecule has 146 valence electrons. The van der Waals surface area contributed by atoms with Gasteiger partial charge in [0.1, 0.15) is 5.69 Å². The summed E-state index contributed by atoms with van der Waals surface area (Å²) in [4.78, 5) is 14.6. The first-order valence-electron chi connectivity index (χ1n) is 9.69. The van der Waals surface area contributed by atoms with Crippen LogP contribution in [0.1, 0.15) is 34.7 Å². The predicted octanol–water partition coefficient (Wildman–Crippen LogP) is 1.48. The first-order valence-corrected chi connectivity index (χ1v) is 9.69. The Labute approximate surface area is 160 Å². The molecule has 2 fully saturated rings. The molecule has 2 aliphatic heterocycles. The molecule has 1 amide bonds. The summed E-state index contributed by atoms with van der Waals surface area (Å²) in [5.41, 5.74) is 3.03. The van der Waals surface area contributed by atoms with E-state index in [0.717, 1.165) is 44.8 Å². The van der Waals surface area contributed by atoms with Crippen molar-refractivity contribution in [2.45, 2.75) is 31.9 Å². The highest BCUT2D eigenvalue weighted by Crippen LogP contribution is 2.36. The smallest absolute Gasteiger partial charge is 0.267 e. The van der Waals surface area contributed by atoms with Gasteiger partial charge in [-0.3, -0.25) is 14.4 Å². The molecule has 7 heteroatoms. The molecular formula is C20H29N5O2. The molecule has 2 aromatic heterocycles. The Bertz CT molecular complexity index is 808. The highest BCUT2D eigenvalue weighted by molar-refractivity contribution is 5.92. The van der Waals surface area contributed by atoms with E-state index in [4.69, 9.17) is 4.74 Å². The van der Waals surface area contributed by atoms with Gasteiger partial charge in [0.15, 0.2) is 0 Å². The van der Waals surface area contributed by atoms with Gasteiger partial charge in [0.25, 0.3) is 5.91 Å². The van der Waals surface area contributed by atoms with Gasteiger partial charge in [-0.15, -0.1) is 0 Å². The summed E-state index contributed by atoms with van der Waals surface area (Å²) < 4.78 is 10.1. The lowest BCUT2D eigenvalue weighted by atomic mass is 9.83. The van der Waals surface area contributed by atoms with Crippen LogP contribution in [0.3, 0.4) is 0 Å². The molecule has 4 rings (SSSR count). The summed E-state index contributed by atoms with van der Waals surface area (Å²) in [5, 5.41) is 7.47. The summed E-state index contributed by atoms with van der Waals surface area (Å²) in [7, 11) is 3.89. The number of aromatic nitrogens is 3. The van der Waals surface area contributed by atoms with Crippen molar-refractivity contribution in [3.8, 4) is 0 Å². The molecule has 4 heterocycles. The summed E-state index contributed by atoms with van der Waals surface area (Å²) in [6, 6.07) is 5.88. The van der Waals surface area contributed by atoms with Crippen LogP contribution in [0.4, 0.5) is 0 Å². The molecule has 7 nitrogen and oxygen atoms in total. The van der Waals surface area contributed by atoms with E-state index in [0.29, 0.717) is 18.2 Å². The second-order valence-corrected chi connectivity index (χ2v) is 8.16. The number of hydrogen-bond acceptors (Lipinski definition) is 4. The monoisotopic (exact) mass is 371 g/mol. The van der Waals surface area contributed by atoms with Gasteiger partial charge in [-0.2, -0.15) is 5.10 Å². The largest absolute Gasteiger partial charge is 0.372 e. The molecule has 1 atom stereocenters. The maximum absolute atomic E-state index is 12.2. The van der Waals surface area contributed by atoms with E-state index in [9.17, 15) is 4.79 Å². The van der Waals surface area contributed by atoms with E-state index < -0.39 is 0 Å². The first kappa shape index (κ1) is 18.3. The molecule has 2 aliphatic rings. The van der Waals surface area contributed by atoms with Crippen molar-refractivity contribution in [2.24, 2.45) is 20.0 Å². The van der Waals surface area contributed by atoms with Crippen LogP contribution in [-0.2, 0) is 25.4 Å². The normalized spacial score (nSPS) is 22.0. The number of nitrogens with zero attached hydrogens (tertiary/aromatic N) is 4. The SMILES string of the molecule is Cc1cc(CN2CC3(CCC(CNC(=O)c4cccn4C)CO3)C2)n(C)n1. The number of likely N-dealkylation sites (tertiary alicyclic amines) is 1. The Morgan fingerprint density at radius 1 is 1.41 bits per heavy atom. The number of nitrogens with one attached hydrogen (secondary N) is 1. The van der Waals surface area contributed by atoms with Gasteiger partial charge in [-0.1, -0.05) is 0 Å². The minimum Gasteiger partial charge on any atom is -0.372 e. The van der Waals surface area contributed by atoms with Crippen LogP contribution in [0, 0.1) is 12.8 Å². The van der Waals surface area contributed by atoms with Crippen molar-refractivity contribution >= 4 is 5.91 Å². The third kappa shape index (κ3) is 3.80. The van der Waals surface area contributed by atoms with Gasteiger partial charge in [-0.25, -0.2) is 0 Å². The van der Waals surface area contributed by atoms with Crippen molar-refractivity contribution in [1.82, 2.24) is 24.6 Å². The van der Waals surface area contributed by atoms with Crippen LogP contribution >= 0.6 is 0 Å².